The van der Waals surface area contributed by atoms with Gasteiger partial charge in [-0.3, -0.25) is 9.69 Å². The van der Waals surface area contributed by atoms with E-state index in [0.29, 0.717) is 13.1 Å². The van der Waals surface area contributed by atoms with Crippen molar-refractivity contribution in [3.05, 3.63) is 35.6 Å². The van der Waals surface area contributed by atoms with Gasteiger partial charge >= 0.3 is 0 Å². The number of amides is 1. The molecule has 1 aromatic rings. The molecule has 2 aliphatic rings. The van der Waals surface area contributed by atoms with Gasteiger partial charge in [-0.25, -0.2) is 4.39 Å². The third-order valence-electron chi connectivity index (χ3n) is 6.52. The van der Waals surface area contributed by atoms with E-state index < -0.39 is 0 Å². The van der Waals surface area contributed by atoms with E-state index in [4.69, 9.17) is 0 Å². The standard InChI is InChI=1S/C22H34FN3O.ClH/c1-24-13-8-18-9-14-26(15-10-18)16-21(27)25-17-22(11-2-3-12-22)19-4-6-20(23)7-5-19;/h4-7,18,24H,2-3,8-17H2,1H3,(H,25,27);1H. The first-order valence-corrected chi connectivity index (χ1v) is 10.5. The van der Waals surface area contributed by atoms with Crippen molar-refractivity contribution >= 4 is 18.3 Å². The Bertz CT molecular complexity index is 596. The van der Waals surface area contributed by atoms with Gasteiger partial charge in [-0.15, -0.1) is 12.4 Å². The second-order valence-corrected chi connectivity index (χ2v) is 8.38. The molecule has 158 valence electrons. The first kappa shape index (κ1) is 23.1. The third-order valence-corrected chi connectivity index (χ3v) is 6.52. The molecule has 1 heterocycles. The molecule has 2 fully saturated rings. The Labute approximate surface area is 175 Å². The Morgan fingerprint density at radius 3 is 2.43 bits per heavy atom. The molecule has 0 bridgehead atoms. The van der Waals surface area contributed by atoms with Crippen LogP contribution >= 0.6 is 12.4 Å². The highest BCUT2D eigenvalue weighted by molar-refractivity contribution is 5.85. The number of nitrogens with one attached hydrogen (secondary N) is 2. The molecule has 1 aliphatic heterocycles. The van der Waals surface area contributed by atoms with Crippen LogP contribution in [0.1, 0.15) is 50.5 Å². The van der Waals surface area contributed by atoms with Gasteiger partial charge in [0.05, 0.1) is 6.54 Å². The predicted octanol–water partition coefficient (Wildman–Crippen LogP) is 3.50. The summed E-state index contributed by atoms with van der Waals surface area (Å²) in [6.07, 6.45) is 8.09. The highest BCUT2D eigenvalue weighted by Gasteiger charge is 2.36. The SMILES string of the molecule is CNCCC1CCN(CC(=O)NCC2(c3ccc(F)cc3)CCCC2)CC1.Cl. The van der Waals surface area contributed by atoms with E-state index in [-0.39, 0.29) is 29.5 Å². The highest BCUT2D eigenvalue weighted by Crippen LogP contribution is 2.40. The van der Waals surface area contributed by atoms with E-state index in [0.717, 1.165) is 44.0 Å². The number of benzene rings is 1. The van der Waals surface area contributed by atoms with Crippen molar-refractivity contribution in [2.45, 2.75) is 50.4 Å². The van der Waals surface area contributed by atoms with Crippen LogP contribution in [0.2, 0.25) is 0 Å². The lowest BCUT2D eigenvalue weighted by Crippen LogP contribution is -2.45. The highest BCUT2D eigenvalue weighted by atomic mass is 35.5. The number of hydrogen-bond acceptors (Lipinski definition) is 3. The van der Waals surface area contributed by atoms with Crippen molar-refractivity contribution in [1.29, 1.82) is 0 Å². The Balaban J connectivity index is 0.00000280. The fourth-order valence-electron chi connectivity index (χ4n) is 4.73. The quantitative estimate of drug-likeness (QED) is 0.688. The van der Waals surface area contributed by atoms with E-state index in [9.17, 15) is 9.18 Å². The van der Waals surface area contributed by atoms with Crippen LogP contribution in [0.25, 0.3) is 0 Å². The minimum atomic E-state index is -0.200. The molecule has 0 spiro atoms. The molecule has 6 heteroatoms. The Morgan fingerprint density at radius 2 is 1.82 bits per heavy atom. The number of carbonyl (C=O) groups excluding carboxylic acids is 1. The summed E-state index contributed by atoms with van der Waals surface area (Å²) in [5, 5.41) is 6.41. The molecule has 3 rings (SSSR count). The molecule has 1 amide bonds. The molecule has 1 saturated carbocycles. The smallest absolute Gasteiger partial charge is 0.234 e. The van der Waals surface area contributed by atoms with Gasteiger partial charge in [-0.05, 0) is 82.4 Å². The van der Waals surface area contributed by atoms with Gasteiger partial charge in [0.15, 0.2) is 0 Å². The average Bonchev–Trinajstić information content (AvgIpc) is 3.16. The van der Waals surface area contributed by atoms with Crippen molar-refractivity contribution in [3.63, 3.8) is 0 Å². The minimum absolute atomic E-state index is 0. The van der Waals surface area contributed by atoms with Gasteiger partial charge in [0.1, 0.15) is 5.82 Å². The first-order valence-electron chi connectivity index (χ1n) is 10.5. The van der Waals surface area contributed by atoms with Crippen LogP contribution in [0.3, 0.4) is 0 Å². The van der Waals surface area contributed by atoms with Gasteiger partial charge in [-0.2, -0.15) is 0 Å². The summed E-state index contributed by atoms with van der Waals surface area (Å²) in [7, 11) is 2.00. The zero-order valence-electron chi connectivity index (χ0n) is 17.0. The molecule has 0 atom stereocenters. The van der Waals surface area contributed by atoms with Crippen molar-refractivity contribution in [2.24, 2.45) is 5.92 Å². The molecule has 0 radical (unpaired) electrons. The van der Waals surface area contributed by atoms with Crippen molar-refractivity contribution in [3.8, 4) is 0 Å². The summed E-state index contributed by atoms with van der Waals surface area (Å²) < 4.78 is 13.3. The Kier molecular flexibility index (Phi) is 9.19. The van der Waals surface area contributed by atoms with E-state index in [1.165, 1.54) is 44.2 Å². The topological polar surface area (TPSA) is 44.4 Å². The van der Waals surface area contributed by atoms with E-state index in [1.807, 2.05) is 19.2 Å². The Hall–Kier alpha value is -1.17. The summed E-state index contributed by atoms with van der Waals surface area (Å²) in [5.41, 5.74) is 1.14. The largest absolute Gasteiger partial charge is 0.354 e. The number of hydrogen-bond donors (Lipinski definition) is 2. The molecule has 1 aromatic carbocycles. The maximum absolute atomic E-state index is 13.3. The first-order chi connectivity index (χ1) is 13.1. The number of rotatable bonds is 8. The molecule has 4 nitrogen and oxygen atoms in total. The van der Waals surface area contributed by atoms with Gasteiger partial charge in [0, 0.05) is 12.0 Å². The molecule has 1 aliphatic carbocycles. The number of piperidine rings is 1. The molecule has 28 heavy (non-hydrogen) atoms. The minimum Gasteiger partial charge on any atom is -0.354 e. The van der Waals surface area contributed by atoms with Crippen LogP contribution in [0, 0.1) is 11.7 Å². The number of halogens is 2. The molecule has 2 N–H and O–H groups in total. The van der Waals surface area contributed by atoms with Crippen molar-refractivity contribution < 1.29 is 9.18 Å². The molecular formula is C22H35ClFN3O. The van der Waals surface area contributed by atoms with Gasteiger partial charge < -0.3 is 10.6 Å². The summed E-state index contributed by atoms with van der Waals surface area (Å²) in [6, 6.07) is 6.86. The average molecular weight is 412 g/mol. The van der Waals surface area contributed by atoms with Crippen LogP contribution in [0.5, 0.6) is 0 Å². The second-order valence-electron chi connectivity index (χ2n) is 8.38. The van der Waals surface area contributed by atoms with Crippen LogP contribution in [-0.2, 0) is 10.2 Å². The lowest BCUT2D eigenvalue weighted by Gasteiger charge is -2.33. The van der Waals surface area contributed by atoms with Crippen LogP contribution < -0.4 is 10.6 Å². The molecule has 0 aromatic heterocycles. The van der Waals surface area contributed by atoms with E-state index in [1.54, 1.807) is 0 Å². The lowest BCUT2D eigenvalue weighted by molar-refractivity contribution is -0.122. The van der Waals surface area contributed by atoms with Crippen molar-refractivity contribution in [1.82, 2.24) is 15.5 Å². The van der Waals surface area contributed by atoms with Gasteiger partial charge in [-0.1, -0.05) is 25.0 Å². The monoisotopic (exact) mass is 411 g/mol. The van der Waals surface area contributed by atoms with Crippen molar-refractivity contribution in [2.75, 3.05) is 39.8 Å². The molecule has 0 unspecified atom stereocenters. The summed E-state index contributed by atoms with van der Waals surface area (Å²) in [4.78, 5) is 14.8. The number of nitrogens with zero attached hydrogens (tertiary/aromatic N) is 1. The second kappa shape index (κ2) is 11.1. The zero-order chi connectivity index (χ0) is 19.1. The molecule has 1 saturated heterocycles. The van der Waals surface area contributed by atoms with Gasteiger partial charge in [0.2, 0.25) is 5.91 Å². The summed E-state index contributed by atoms with van der Waals surface area (Å²) >= 11 is 0. The van der Waals surface area contributed by atoms with E-state index in [2.05, 4.69) is 15.5 Å². The maximum atomic E-state index is 13.3. The number of carbonyl (C=O) groups is 1. The number of likely N-dealkylation sites (tertiary alicyclic amines) is 1. The third kappa shape index (κ3) is 6.16. The summed E-state index contributed by atoms with van der Waals surface area (Å²) in [6.45, 7) is 4.28. The van der Waals surface area contributed by atoms with Crippen LogP contribution in [0.4, 0.5) is 4.39 Å². The predicted molar refractivity (Wildman–Crippen MR) is 115 cm³/mol. The van der Waals surface area contributed by atoms with E-state index >= 15 is 0 Å². The fourth-order valence-corrected chi connectivity index (χ4v) is 4.73. The summed E-state index contributed by atoms with van der Waals surface area (Å²) in [5.74, 6) is 0.711. The van der Waals surface area contributed by atoms with Crippen LogP contribution in [-0.4, -0.2) is 50.6 Å². The Morgan fingerprint density at radius 1 is 1.18 bits per heavy atom. The molecular weight excluding hydrogens is 377 g/mol. The fraction of sp³-hybridized carbons (Fsp3) is 0.682. The lowest BCUT2D eigenvalue weighted by atomic mass is 9.79. The zero-order valence-corrected chi connectivity index (χ0v) is 17.8. The van der Waals surface area contributed by atoms with Gasteiger partial charge in [0.25, 0.3) is 0 Å². The maximum Gasteiger partial charge on any atom is 0.234 e. The van der Waals surface area contributed by atoms with Crippen LogP contribution in [0.15, 0.2) is 24.3 Å². The normalized spacial score (nSPS) is 19.9.